The van der Waals surface area contributed by atoms with Crippen molar-refractivity contribution in [3.05, 3.63) is 24.3 Å². The number of rotatable bonds is 23. The molecular formula is C31H58O4. The molecule has 0 heterocycles. The molecule has 0 bridgehead atoms. The second kappa shape index (κ2) is 28.7. The van der Waals surface area contributed by atoms with Crippen molar-refractivity contribution in [2.75, 3.05) is 13.2 Å². The maximum absolute atomic E-state index is 11.1. The minimum Gasteiger partial charge on any atom is -0.462 e. The van der Waals surface area contributed by atoms with E-state index >= 15 is 0 Å². The Hall–Kier alpha value is -1.58. The summed E-state index contributed by atoms with van der Waals surface area (Å²) in [4.78, 5) is 22.1. The molecular weight excluding hydrogens is 436 g/mol. The molecule has 0 unspecified atom stereocenters. The standard InChI is InChI=1S/C16H30O2.C15H28O2/c1-4-5-6-7-8-9-10-11-12-13-14-18-16(17)15(2)3;1-4-5-6-7-8-9-10-11-12-13-17-15(16)14(2)3/h2,4-14H2,1,3H3;2,4-13H2,1,3H3. The third-order valence-corrected chi connectivity index (χ3v) is 5.91. The van der Waals surface area contributed by atoms with Gasteiger partial charge in [-0.1, -0.05) is 136 Å². The van der Waals surface area contributed by atoms with E-state index < -0.39 is 0 Å². The predicted octanol–water partition coefficient (Wildman–Crippen LogP) is 9.66. The van der Waals surface area contributed by atoms with Crippen LogP contribution in [0, 0.1) is 0 Å². The van der Waals surface area contributed by atoms with Gasteiger partial charge in [0.15, 0.2) is 0 Å². The maximum atomic E-state index is 11.1. The summed E-state index contributed by atoms with van der Waals surface area (Å²) in [6.07, 6.45) is 24.5. The van der Waals surface area contributed by atoms with Crippen LogP contribution in [0.2, 0.25) is 0 Å². The number of ether oxygens (including phenoxy) is 2. The second-order valence-electron chi connectivity index (χ2n) is 9.84. The normalized spacial score (nSPS) is 10.3. The van der Waals surface area contributed by atoms with Crippen molar-refractivity contribution in [1.29, 1.82) is 0 Å². The highest BCUT2D eigenvalue weighted by Gasteiger charge is 2.02. The lowest BCUT2D eigenvalue weighted by molar-refractivity contribution is -0.139. The number of carbonyl (C=O) groups excluding carboxylic acids is 2. The Morgan fingerprint density at radius 2 is 0.686 bits per heavy atom. The van der Waals surface area contributed by atoms with Crippen LogP contribution in [0.3, 0.4) is 0 Å². The molecule has 0 aromatic carbocycles. The molecule has 0 aliphatic rings. The first-order valence-corrected chi connectivity index (χ1v) is 14.5. The van der Waals surface area contributed by atoms with Crippen molar-refractivity contribution in [3.63, 3.8) is 0 Å². The van der Waals surface area contributed by atoms with E-state index in [-0.39, 0.29) is 11.9 Å². The maximum Gasteiger partial charge on any atom is 0.333 e. The third kappa shape index (κ3) is 30.4. The zero-order chi connectivity index (χ0) is 26.6. The lowest BCUT2D eigenvalue weighted by Gasteiger charge is -2.04. The largest absolute Gasteiger partial charge is 0.462 e. The molecule has 0 N–H and O–H groups in total. The van der Waals surface area contributed by atoms with Crippen LogP contribution in [0.1, 0.15) is 150 Å². The SMILES string of the molecule is C=C(C)C(=O)OCCCCCCCCCCC.C=C(C)C(=O)OCCCCCCCCCCCC. The van der Waals surface area contributed by atoms with Crippen LogP contribution in [-0.2, 0) is 19.1 Å². The number of hydrogen-bond donors (Lipinski definition) is 0. The van der Waals surface area contributed by atoms with Crippen LogP contribution in [0.5, 0.6) is 0 Å². The average molecular weight is 495 g/mol. The molecule has 0 saturated carbocycles. The first kappa shape index (κ1) is 35.6. The minimum absolute atomic E-state index is 0.258. The van der Waals surface area contributed by atoms with E-state index in [0.29, 0.717) is 24.4 Å². The summed E-state index contributed by atoms with van der Waals surface area (Å²) in [6.45, 7) is 16.0. The summed E-state index contributed by atoms with van der Waals surface area (Å²) in [5, 5.41) is 0. The van der Waals surface area contributed by atoms with Crippen LogP contribution < -0.4 is 0 Å². The molecule has 0 spiro atoms. The summed E-state index contributed by atoms with van der Waals surface area (Å²) in [7, 11) is 0. The van der Waals surface area contributed by atoms with Gasteiger partial charge >= 0.3 is 11.9 Å². The first-order valence-electron chi connectivity index (χ1n) is 14.5. The molecule has 4 heteroatoms. The van der Waals surface area contributed by atoms with E-state index in [0.717, 1.165) is 19.3 Å². The van der Waals surface area contributed by atoms with Gasteiger partial charge in [0.2, 0.25) is 0 Å². The molecule has 4 nitrogen and oxygen atoms in total. The molecule has 0 atom stereocenters. The first-order chi connectivity index (χ1) is 16.9. The molecule has 35 heavy (non-hydrogen) atoms. The Balaban J connectivity index is 0. The van der Waals surface area contributed by atoms with Crippen molar-refractivity contribution < 1.29 is 19.1 Å². The molecule has 0 aliphatic heterocycles. The zero-order valence-corrected chi connectivity index (χ0v) is 23.9. The van der Waals surface area contributed by atoms with Gasteiger partial charge in [-0.2, -0.15) is 0 Å². The van der Waals surface area contributed by atoms with Crippen LogP contribution in [0.15, 0.2) is 24.3 Å². The molecule has 0 saturated heterocycles. The van der Waals surface area contributed by atoms with Crippen molar-refractivity contribution in [3.8, 4) is 0 Å². The molecule has 0 fully saturated rings. The van der Waals surface area contributed by atoms with Crippen LogP contribution in [0.25, 0.3) is 0 Å². The van der Waals surface area contributed by atoms with Crippen molar-refractivity contribution >= 4 is 11.9 Å². The van der Waals surface area contributed by atoms with Gasteiger partial charge < -0.3 is 9.47 Å². The van der Waals surface area contributed by atoms with Gasteiger partial charge in [0.05, 0.1) is 13.2 Å². The Bertz CT molecular complexity index is 524. The smallest absolute Gasteiger partial charge is 0.333 e. The van der Waals surface area contributed by atoms with E-state index in [1.165, 1.54) is 103 Å². The second-order valence-corrected chi connectivity index (χ2v) is 9.84. The molecule has 0 rings (SSSR count). The topological polar surface area (TPSA) is 52.6 Å². The third-order valence-electron chi connectivity index (χ3n) is 5.91. The fourth-order valence-corrected chi connectivity index (χ4v) is 3.58. The van der Waals surface area contributed by atoms with Gasteiger partial charge in [0.25, 0.3) is 0 Å². The lowest BCUT2D eigenvalue weighted by Crippen LogP contribution is -2.05. The number of unbranched alkanes of at least 4 members (excludes halogenated alkanes) is 17. The minimum atomic E-state index is -0.260. The van der Waals surface area contributed by atoms with Crippen molar-refractivity contribution in [1.82, 2.24) is 0 Å². The highest BCUT2D eigenvalue weighted by atomic mass is 16.5. The van der Waals surface area contributed by atoms with Gasteiger partial charge in [0.1, 0.15) is 0 Å². The molecule has 0 radical (unpaired) electrons. The Morgan fingerprint density at radius 1 is 0.457 bits per heavy atom. The van der Waals surface area contributed by atoms with Gasteiger partial charge in [-0.05, 0) is 26.7 Å². The number of carbonyl (C=O) groups is 2. The molecule has 0 aliphatic carbocycles. The van der Waals surface area contributed by atoms with Gasteiger partial charge in [-0.3, -0.25) is 0 Å². The van der Waals surface area contributed by atoms with E-state index in [2.05, 4.69) is 27.0 Å². The Kier molecular flexibility index (Phi) is 29.1. The van der Waals surface area contributed by atoms with E-state index in [9.17, 15) is 9.59 Å². The fraction of sp³-hybridized carbons (Fsp3) is 0.806. The van der Waals surface area contributed by atoms with Crippen molar-refractivity contribution in [2.24, 2.45) is 0 Å². The summed E-state index contributed by atoms with van der Waals surface area (Å²) in [5.74, 6) is -0.518. The van der Waals surface area contributed by atoms with Gasteiger partial charge in [-0.15, -0.1) is 0 Å². The predicted molar refractivity (Wildman–Crippen MR) is 151 cm³/mol. The lowest BCUT2D eigenvalue weighted by atomic mass is 10.1. The highest BCUT2D eigenvalue weighted by molar-refractivity contribution is 5.87. The van der Waals surface area contributed by atoms with E-state index in [1.54, 1.807) is 13.8 Å². The van der Waals surface area contributed by atoms with Gasteiger partial charge in [-0.25, -0.2) is 9.59 Å². The van der Waals surface area contributed by atoms with E-state index in [4.69, 9.17) is 9.47 Å². The summed E-state index contributed by atoms with van der Waals surface area (Å²) in [5.41, 5.74) is 0.975. The number of esters is 2. The highest BCUT2D eigenvalue weighted by Crippen LogP contribution is 2.11. The van der Waals surface area contributed by atoms with Crippen LogP contribution in [0.4, 0.5) is 0 Å². The van der Waals surface area contributed by atoms with E-state index in [1.807, 2.05) is 0 Å². The number of hydrogen-bond acceptors (Lipinski definition) is 4. The van der Waals surface area contributed by atoms with Crippen molar-refractivity contribution in [2.45, 2.75) is 150 Å². The van der Waals surface area contributed by atoms with Crippen LogP contribution >= 0.6 is 0 Å². The fourth-order valence-electron chi connectivity index (χ4n) is 3.58. The summed E-state index contributed by atoms with van der Waals surface area (Å²) in [6, 6.07) is 0. The zero-order valence-electron chi connectivity index (χ0n) is 23.9. The average Bonchev–Trinajstić information content (AvgIpc) is 2.83. The molecule has 0 amide bonds. The Morgan fingerprint density at radius 3 is 0.914 bits per heavy atom. The Labute approximate surface area is 218 Å². The summed E-state index contributed by atoms with van der Waals surface area (Å²) < 4.78 is 10.1. The quantitative estimate of drug-likeness (QED) is 0.0805. The van der Waals surface area contributed by atoms with Gasteiger partial charge in [0, 0.05) is 11.1 Å². The molecule has 206 valence electrons. The molecule has 0 aromatic heterocycles. The van der Waals surface area contributed by atoms with Crippen LogP contribution in [-0.4, -0.2) is 25.2 Å². The monoisotopic (exact) mass is 494 g/mol. The molecule has 0 aromatic rings. The summed E-state index contributed by atoms with van der Waals surface area (Å²) >= 11 is 0.